The first-order valence-corrected chi connectivity index (χ1v) is 12.4. The first-order chi connectivity index (χ1) is 15.5. The Labute approximate surface area is 191 Å². The molecule has 0 saturated carbocycles. The number of benzene rings is 1. The number of hydrogen-bond donors (Lipinski definition) is 2. The summed E-state index contributed by atoms with van der Waals surface area (Å²) in [5.41, 5.74) is 1.01. The van der Waals surface area contributed by atoms with Gasteiger partial charge in [-0.2, -0.15) is 17.5 Å². The smallest absolute Gasteiger partial charge is 0.346 e. The molecule has 0 radical (unpaired) electrons. The summed E-state index contributed by atoms with van der Waals surface area (Å²) >= 11 is 0. The van der Waals surface area contributed by atoms with E-state index in [-0.39, 0.29) is 11.4 Å². The van der Waals surface area contributed by atoms with Crippen LogP contribution in [0, 0.1) is 6.92 Å². The molecule has 2 aliphatic rings. The Morgan fingerprint density at radius 2 is 1.79 bits per heavy atom. The van der Waals surface area contributed by atoms with Gasteiger partial charge in [-0.25, -0.2) is 8.42 Å². The van der Waals surface area contributed by atoms with Crippen LogP contribution in [0.3, 0.4) is 0 Å². The average molecular weight is 491 g/mol. The van der Waals surface area contributed by atoms with Crippen molar-refractivity contribution in [3.63, 3.8) is 0 Å². The van der Waals surface area contributed by atoms with Gasteiger partial charge in [-0.1, -0.05) is 12.5 Å². The Kier molecular flexibility index (Phi) is 8.01. The van der Waals surface area contributed by atoms with Gasteiger partial charge < -0.3 is 10.6 Å². The highest BCUT2D eigenvalue weighted by Gasteiger charge is 2.35. The van der Waals surface area contributed by atoms with Crippen molar-refractivity contribution in [2.45, 2.75) is 56.1 Å². The van der Waals surface area contributed by atoms with Crippen LogP contribution in [0.25, 0.3) is 0 Å². The molecule has 1 aromatic carbocycles. The van der Waals surface area contributed by atoms with Crippen LogP contribution < -0.4 is 10.6 Å². The number of carbonyl (C=O) groups is 2. The van der Waals surface area contributed by atoms with Gasteiger partial charge in [-0.3, -0.25) is 14.5 Å². The second kappa shape index (κ2) is 10.4. The Hall–Kier alpha value is -2.18. The van der Waals surface area contributed by atoms with E-state index in [0.29, 0.717) is 43.7 Å². The van der Waals surface area contributed by atoms with E-state index < -0.39 is 40.6 Å². The maximum atomic E-state index is 12.9. The summed E-state index contributed by atoms with van der Waals surface area (Å²) in [5.74, 6) is -1.23. The number of sulfonamides is 1. The first-order valence-electron chi connectivity index (χ1n) is 11.0. The van der Waals surface area contributed by atoms with Gasteiger partial charge in [-0.15, -0.1) is 0 Å². The number of aryl methyl sites for hydroxylation is 1. The summed E-state index contributed by atoms with van der Waals surface area (Å²) in [6.07, 6.45) is -0.954. The number of nitrogens with zero attached hydrogens (tertiary/aromatic N) is 2. The molecule has 0 aliphatic carbocycles. The van der Waals surface area contributed by atoms with Gasteiger partial charge >= 0.3 is 6.18 Å². The van der Waals surface area contributed by atoms with Crippen LogP contribution in [-0.4, -0.2) is 74.4 Å². The molecule has 2 N–H and O–H groups in total. The lowest BCUT2D eigenvalue weighted by Gasteiger charge is -2.26. The van der Waals surface area contributed by atoms with E-state index in [2.05, 4.69) is 5.32 Å². The van der Waals surface area contributed by atoms with E-state index in [9.17, 15) is 31.2 Å². The maximum absolute atomic E-state index is 12.9. The predicted molar refractivity (Wildman–Crippen MR) is 116 cm³/mol. The molecule has 0 aromatic heterocycles. The maximum Gasteiger partial charge on any atom is 0.405 e. The van der Waals surface area contributed by atoms with Crippen molar-refractivity contribution in [3.8, 4) is 0 Å². The number of likely N-dealkylation sites (tertiary alicyclic amines) is 1. The zero-order chi connectivity index (χ0) is 24.2. The second-order valence-electron chi connectivity index (χ2n) is 8.45. The number of anilines is 1. The molecule has 2 heterocycles. The summed E-state index contributed by atoms with van der Waals surface area (Å²) in [6.45, 7) is 1.46. The van der Waals surface area contributed by atoms with E-state index in [1.807, 2.05) is 5.32 Å². The molecule has 1 aromatic rings. The number of rotatable bonds is 7. The van der Waals surface area contributed by atoms with Gasteiger partial charge in [0, 0.05) is 18.8 Å². The van der Waals surface area contributed by atoms with Crippen molar-refractivity contribution in [2.75, 3.05) is 38.0 Å². The molecule has 0 spiro atoms. The third-order valence-corrected chi connectivity index (χ3v) is 7.81. The Balaban J connectivity index is 1.65. The molecule has 12 heteroatoms. The minimum Gasteiger partial charge on any atom is -0.346 e. The number of hydrogen-bond acceptors (Lipinski definition) is 5. The monoisotopic (exact) mass is 490 g/mol. The molecule has 2 aliphatic heterocycles. The Morgan fingerprint density at radius 3 is 2.45 bits per heavy atom. The van der Waals surface area contributed by atoms with Crippen molar-refractivity contribution in [1.29, 1.82) is 0 Å². The third kappa shape index (κ3) is 6.67. The molecule has 184 valence electrons. The van der Waals surface area contributed by atoms with Gasteiger partial charge in [0.15, 0.2) is 0 Å². The average Bonchev–Trinajstić information content (AvgIpc) is 3.21. The van der Waals surface area contributed by atoms with Gasteiger partial charge in [0.25, 0.3) is 0 Å². The van der Waals surface area contributed by atoms with Crippen molar-refractivity contribution >= 4 is 27.5 Å². The van der Waals surface area contributed by atoms with Crippen LogP contribution in [0.15, 0.2) is 23.1 Å². The normalized spacial score (nSPS) is 20.5. The summed E-state index contributed by atoms with van der Waals surface area (Å²) in [6, 6.07) is 3.74. The lowest BCUT2D eigenvalue weighted by Crippen LogP contribution is -2.47. The van der Waals surface area contributed by atoms with Crippen LogP contribution in [0.1, 0.15) is 37.7 Å². The molecule has 0 bridgehead atoms. The molecule has 1 unspecified atom stereocenters. The van der Waals surface area contributed by atoms with Crippen molar-refractivity contribution < 1.29 is 31.2 Å². The molecule has 3 rings (SSSR count). The van der Waals surface area contributed by atoms with E-state index in [0.717, 1.165) is 19.3 Å². The van der Waals surface area contributed by atoms with Crippen LogP contribution in [0.2, 0.25) is 0 Å². The fraction of sp³-hybridized carbons (Fsp3) is 0.619. The van der Waals surface area contributed by atoms with E-state index in [1.165, 1.54) is 21.3 Å². The molecular formula is C21H29F3N4O4S. The summed E-state index contributed by atoms with van der Waals surface area (Å²) in [5, 5.41) is 4.57. The molecule has 33 heavy (non-hydrogen) atoms. The van der Waals surface area contributed by atoms with Crippen LogP contribution in [0.4, 0.5) is 18.9 Å². The highest BCUT2D eigenvalue weighted by Crippen LogP contribution is 2.25. The van der Waals surface area contributed by atoms with Crippen LogP contribution >= 0.6 is 0 Å². The molecule has 1 atom stereocenters. The fourth-order valence-corrected chi connectivity index (χ4v) is 5.69. The minimum atomic E-state index is -4.51. The largest absolute Gasteiger partial charge is 0.405 e. The van der Waals surface area contributed by atoms with Crippen LogP contribution in [-0.2, 0) is 19.6 Å². The number of nitrogens with one attached hydrogen (secondary N) is 2. The third-order valence-electron chi connectivity index (χ3n) is 5.91. The summed E-state index contributed by atoms with van der Waals surface area (Å²) < 4.78 is 64.5. The van der Waals surface area contributed by atoms with Gasteiger partial charge in [0.2, 0.25) is 21.8 Å². The molecule has 2 saturated heterocycles. The number of alkyl halides is 3. The van der Waals surface area contributed by atoms with Gasteiger partial charge in [0.05, 0.1) is 17.5 Å². The minimum absolute atomic E-state index is 0.0934. The highest BCUT2D eigenvalue weighted by molar-refractivity contribution is 7.89. The molecule has 8 nitrogen and oxygen atoms in total. The zero-order valence-electron chi connectivity index (χ0n) is 18.5. The molecular weight excluding hydrogens is 461 g/mol. The SMILES string of the molecule is Cc1ccc(S(=O)(=O)N2CCCCC2)cc1NC(=O)CN1CCCC1C(=O)NCC(F)(F)F. The second-order valence-corrected chi connectivity index (χ2v) is 10.4. The number of amides is 2. The van der Waals surface area contributed by atoms with Crippen molar-refractivity contribution in [2.24, 2.45) is 0 Å². The number of carbonyl (C=O) groups excluding carboxylic acids is 2. The first kappa shape index (κ1) is 25.4. The Bertz CT molecular complexity index is 978. The van der Waals surface area contributed by atoms with E-state index in [4.69, 9.17) is 0 Å². The predicted octanol–water partition coefficient (Wildman–Crippen LogP) is 2.25. The van der Waals surface area contributed by atoms with Gasteiger partial charge in [0.1, 0.15) is 6.54 Å². The molecule has 2 amide bonds. The van der Waals surface area contributed by atoms with E-state index in [1.54, 1.807) is 13.0 Å². The summed E-state index contributed by atoms with van der Waals surface area (Å²) in [4.78, 5) is 26.4. The lowest BCUT2D eigenvalue weighted by molar-refractivity contribution is -0.141. The zero-order valence-corrected chi connectivity index (χ0v) is 19.3. The Morgan fingerprint density at radius 1 is 1.09 bits per heavy atom. The number of halogens is 3. The van der Waals surface area contributed by atoms with Crippen LogP contribution in [0.5, 0.6) is 0 Å². The molecule has 2 fully saturated rings. The fourth-order valence-electron chi connectivity index (χ4n) is 4.14. The standard InChI is InChI=1S/C21H29F3N4O4S/c1-15-7-8-16(33(31,32)28-10-3-2-4-11-28)12-17(15)26-19(29)13-27-9-5-6-18(27)20(30)25-14-21(22,23)24/h7-8,12,18H,2-6,9-11,13-14H2,1H3,(H,25,30)(H,26,29). The van der Waals surface area contributed by atoms with E-state index >= 15 is 0 Å². The topological polar surface area (TPSA) is 98.8 Å². The lowest BCUT2D eigenvalue weighted by atomic mass is 10.2. The highest BCUT2D eigenvalue weighted by atomic mass is 32.2. The number of piperidine rings is 1. The van der Waals surface area contributed by atoms with Crippen molar-refractivity contribution in [3.05, 3.63) is 23.8 Å². The quantitative estimate of drug-likeness (QED) is 0.611. The summed E-state index contributed by atoms with van der Waals surface area (Å²) in [7, 11) is -3.67. The van der Waals surface area contributed by atoms with Gasteiger partial charge in [-0.05, 0) is 56.8 Å². The van der Waals surface area contributed by atoms with Crippen molar-refractivity contribution in [1.82, 2.24) is 14.5 Å².